The number of hydrogen-bond donors (Lipinski definition) is 1. The molecule has 0 atom stereocenters. The topological polar surface area (TPSA) is 97.7 Å². The number of amides is 1. The lowest BCUT2D eigenvalue weighted by Gasteiger charge is -2.14. The van der Waals surface area contributed by atoms with Crippen molar-refractivity contribution in [2.75, 3.05) is 25.1 Å². The van der Waals surface area contributed by atoms with E-state index in [1.807, 2.05) is 35.6 Å². The Kier molecular flexibility index (Phi) is 9.62. The first kappa shape index (κ1) is 24.5. The number of nitrogens with zero attached hydrogens (tertiary/aromatic N) is 1. The van der Waals surface area contributed by atoms with Crippen molar-refractivity contribution in [2.45, 2.75) is 13.8 Å². The highest BCUT2D eigenvalue weighted by Gasteiger charge is 2.16. The van der Waals surface area contributed by atoms with Crippen LogP contribution in [0.1, 0.15) is 19.4 Å². The molecule has 162 valence electrons. The van der Waals surface area contributed by atoms with Crippen molar-refractivity contribution in [1.82, 2.24) is 0 Å². The number of carbonyl (C=O) groups is 2. The van der Waals surface area contributed by atoms with Gasteiger partial charge in [0.2, 0.25) is 0 Å². The maximum absolute atomic E-state index is 12.5. The van der Waals surface area contributed by atoms with Gasteiger partial charge in [-0.05, 0) is 84.5 Å². The van der Waals surface area contributed by atoms with Crippen LogP contribution in [0.25, 0.3) is 6.08 Å². The zero-order valence-electron chi connectivity index (χ0n) is 16.9. The van der Waals surface area contributed by atoms with E-state index in [1.54, 1.807) is 43.3 Å². The second-order valence-electron chi connectivity index (χ2n) is 5.99. The Morgan fingerprint density at radius 2 is 1.87 bits per heavy atom. The lowest BCUT2D eigenvalue weighted by molar-refractivity contribution is -0.145. The predicted molar refractivity (Wildman–Crippen MR) is 126 cm³/mol. The fourth-order valence-electron chi connectivity index (χ4n) is 2.45. The van der Waals surface area contributed by atoms with Crippen molar-refractivity contribution in [1.29, 1.82) is 5.26 Å². The average molecular weight is 555 g/mol. The van der Waals surface area contributed by atoms with Gasteiger partial charge in [-0.3, -0.25) is 4.79 Å². The molecule has 31 heavy (non-hydrogen) atoms. The maximum atomic E-state index is 12.5. The lowest BCUT2D eigenvalue weighted by atomic mass is 10.1. The van der Waals surface area contributed by atoms with Crippen LogP contribution in [0.5, 0.6) is 11.5 Å². The molecule has 7 nitrogen and oxygen atoms in total. The highest BCUT2D eigenvalue weighted by atomic mass is 127. The van der Waals surface area contributed by atoms with Crippen LogP contribution in [0, 0.1) is 14.9 Å². The van der Waals surface area contributed by atoms with Crippen LogP contribution in [0.4, 0.5) is 5.69 Å². The fourth-order valence-corrected chi connectivity index (χ4v) is 3.36. The number of nitriles is 1. The van der Waals surface area contributed by atoms with Gasteiger partial charge in [-0.2, -0.15) is 5.26 Å². The molecule has 2 aromatic rings. The number of carbonyl (C=O) groups excluding carboxylic acids is 2. The molecule has 2 aromatic carbocycles. The zero-order valence-corrected chi connectivity index (χ0v) is 19.8. The predicted octanol–water partition coefficient (Wildman–Crippen LogP) is 4.83. The maximum Gasteiger partial charge on any atom is 0.344 e. The number of ether oxygens (including phenoxy) is 3. The van der Waals surface area contributed by atoms with Crippen LogP contribution in [-0.2, 0) is 14.3 Å². The summed E-state index contributed by atoms with van der Waals surface area (Å²) in [6.07, 6.45) is 1.45. The fraction of sp³-hybridized carbons (Fsp3) is 0.227. The molecule has 0 aliphatic carbocycles. The van der Waals surface area contributed by atoms with Crippen LogP contribution in [0.3, 0.4) is 0 Å². The van der Waals surface area contributed by atoms with Crippen molar-refractivity contribution >= 4 is 57.8 Å². The van der Waals surface area contributed by atoms with Gasteiger partial charge in [-0.15, -0.1) is 0 Å². The van der Waals surface area contributed by atoms with Gasteiger partial charge in [0.15, 0.2) is 18.1 Å². The quantitative estimate of drug-likeness (QED) is 0.206. The van der Waals surface area contributed by atoms with Gasteiger partial charge in [-0.1, -0.05) is 11.6 Å². The van der Waals surface area contributed by atoms with Crippen molar-refractivity contribution < 1.29 is 23.8 Å². The van der Waals surface area contributed by atoms with Gasteiger partial charge in [0, 0.05) is 10.7 Å². The molecule has 0 radical (unpaired) electrons. The Bertz CT molecular complexity index is 1020. The molecule has 0 heterocycles. The molecule has 0 saturated carbocycles. The first-order valence-electron chi connectivity index (χ1n) is 9.31. The van der Waals surface area contributed by atoms with Crippen molar-refractivity contribution in [3.8, 4) is 17.6 Å². The number of rotatable bonds is 9. The Hall–Kier alpha value is -2.77. The van der Waals surface area contributed by atoms with Crippen LogP contribution in [0.15, 0.2) is 42.0 Å². The summed E-state index contributed by atoms with van der Waals surface area (Å²) in [5.74, 6) is -0.270. The van der Waals surface area contributed by atoms with Crippen LogP contribution in [-0.4, -0.2) is 31.7 Å². The minimum atomic E-state index is -0.555. The second-order valence-corrected chi connectivity index (χ2v) is 7.59. The van der Waals surface area contributed by atoms with E-state index in [1.165, 1.54) is 6.08 Å². The molecule has 0 aromatic heterocycles. The third-order valence-electron chi connectivity index (χ3n) is 3.75. The van der Waals surface area contributed by atoms with Crippen LogP contribution >= 0.6 is 34.2 Å². The minimum Gasteiger partial charge on any atom is -0.490 e. The molecule has 0 spiro atoms. The highest BCUT2D eigenvalue weighted by molar-refractivity contribution is 14.1. The largest absolute Gasteiger partial charge is 0.490 e. The molecule has 1 amide bonds. The molecular weight excluding hydrogens is 535 g/mol. The van der Waals surface area contributed by atoms with E-state index in [0.29, 0.717) is 37.9 Å². The summed E-state index contributed by atoms with van der Waals surface area (Å²) in [5.41, 5.74) is 0.996. The van der Waals surface area contributed by atoms with Gasteiger partial charge < -0.3 is 19.5 Å². The Balaban J connectivity index is 2.27. The van der Waals surface area contributed by atoms with E-state index in [4.69, 9.17) is 25.8 Å². The Morgan fingerprint density at radius 3 is 2.48 bits per heavy atom. The van der Waals surface area contributed by atoms with Gasteiger partial charge in [-0.25, -0.2) is 4.79 Å². The monoisotopic (exact) mass is 554 g/mol. The smallest absolute Gasteiger partial charge is 0.344 e. The van der Waals surface area contributed by atoms with Gasteiger partial charge in [0.1, 0.15) is 11.6 Å². The van der Waals surface area contributed by atoms with Crippen LogP contribution in [0.2, 0.25) is 5.02 Å². The summed E-state index contributed by atoms with van der Waals surface area (Å²) in [4.78, 5) is 24.1. The van der Waals surface area contributed by atoms with Gasteiger partial charge >= 0.3 is 5.97 Å². The molecule has 0 saturated heterocycles. The summed E-state index contributed by atoms with van der Waals surface area (Å²) < 4.78 is 16.7. The van der Waals surface area contributed by atoms with E-state index >= 15 is 0 Å². The van der Waals surface area contributed by atoms with Crippen molar-refractivity contribution in [2.24, 2.45) is 0 Å². The SMILES string of the molecule is CCOC(=O)COc1c(I)cc(/C=C(\C#N)C(=O)Nc2ccc(Cl)cc2)cc1OCC. The number of esters is 1. The molecule has 9 heteroatoms. The normalized spacial score (nSPS) is 10.7. The third kappa shape index (κ3) is 7.45. The van der Waals surface area contributed by atoms with Crippen molar-refractivity contribution in [3.05, 3.63) is 56.1 Å². The van der Waals surface area contributed by atoms with E-state index in [9.17, 15) is 14.9 Å². The number of hydrogen-bond acceptors (Lipinski definition) is 6. The molecule has 2 rings (SSSR count). The van der Waals surface area contributed by atoms with Crippen LogP contribution < -0.4 is 14.8 Å². The number of nitrogens with one attached hydrogen (secondary N) is 1. The molecule has 0 aliphatic rings. The first-order chi connectivity index (χ1) is 14.9. The summed E-state index contributed by atoms with van der Waals surface area (Å²) in [6, 6.07) is 11.8. The first-order valence-corrected chi connectivity index (χ1v) is 10.8. The number of benzene rings is 2. The van der Waals surface area contributed by atoms with Gasteiger partial charge in [0.05, 0.1) is 16.8 Å². The summed E-state index contributed by atoms with van der Waals surface area (Å²) in [6.45, 7) is 3.89. The average Bonchev–Trinajstić information content (AvgIpc) is 2.73. The van der Waals surface area contributed by atoms with E-state index in [0.717, 1.165) is 0 Å². The summed E-state index contributed by atoms with van der Waals surface area (Å²) >= 11 is 7.88. The van der Waals surface area contributed by atoms with Crippen molar-refractivity contribution in [3.63, 3.8) is 0 Å². The highest BCUT2D eigenvalue weighted by Crippen LogP contribution is 2.35. The van der Waals surface area contributed by atoms with Gasteiger partial charge in [0.25, 0.3) is 5.91 Å². The van der Waals surface area contributed by atoms with E-state index in [-0.39, 0.29) is 18.8 Å². The lowest BCUT2D eigenvalue weighted by Crippen LogP contribution is -2.15. The molecule has 0 bridgehead atoms. The zero-order chi connectivity index (χ0) is 22.8. The van der Waals surface area contributed by atoms with E-state index in [2.05, 4.69) is 5.32 Å². The Morgan fingerprint density at radius 1 is 1.16 bits per heavy atom. The molecule has 0 aliphatic heterocycles. The molecular formula is C22H20ClIN2O5. The molecule has 1 N–H and O–H groups in total. The summed E-state index contributed by atoms with van der Waals surface area (Å²) in [5, 5.41) is 12.7. The standard InChI is InChI=1S/C22H20ClIN2O5/c1-3-29-19-11-14(10-18(24)21(19)31-13-20(27)30-4-2)9-15(12-25)22(28)26-17-7-5-16(23)6-8-17/h5-11H,3-4,13H2,1-2H3,(H,26,28)/b15-9+. The molecule has 0 fully saturated rings. The number of halogens is 2. The summed E-state index contributed by atoms with van der Waals surface area (Å²) in [7, 11) is 0. The minimum absolute atomic E-state index is 0.0895. The van der Waals surface area contributed by atoms with E-state index < -0.39 is 11.9 Å². The third-order valence-corrected chi connectivity index (χ3v) is 4.80. The second kappa shape index (κ2) is 12.2. The Labute approximate surface area is 199 Å². The number of anilines is 1. The molecule has 0 unspecified atom stereocenters.